The van der Waals surface area contributed by atoms with Gasteiger partial charge in [0.1, 0.15) is 0 Å². The van der Waals surface area contributed by atoms with E-state index in [2.05, 4.69) is 17.2 Å². The Bertz CT molecular complexity index is 635. The van der Waals surface area contributed by atoms with Crippen molar-refractivity contribution in [2.45, 2.75) is 40.2 Å². The van der Waals surface area contributed by atoms with Crippen LogP contribution < -0.4 is 5.32 Å². The van der Waals surface area contributed by atoms with Crippen molar-refractivity contribution in [1.82, 2.24) is 10.3 Å². The van der Waals surface area contributed by atoms with E-state index in [1.165, 1.54) is 0 Å². The van der Waals surface area contributed by atoms with Gasteiger partial charge < -0.3 is 5.32 Å². The molecule has 0 spiro atoms. The molecule has 1 aromatic heterocycles. The number of rotatable bonds is 4. The van der Waals surface area contributed by atoms with Crippen molar-refractivity contribution in [3.05, 3.63) is 64.5 Å². The van der Waals surface area contributed by atoms with Crippen LogP contribution in [0.3, 0.4) is 0 Å². The van der Waals surface area contributed by atoms with Gasteiger partial charge in [0.15, 0.2) is 0 Å². The second-order valence-electron chi connectivity index (χ2n) is 5.33. The highest BCUT2D eigenvalue weighted by Crippen LogP contribution is 2.16. The first-order chi connectivity index (χ1) is 10.0. The molecule has 0 unspecified atom stereocenters. The highest BCUT2D eigenvalue weighted by atomic mass is 16.1. The van der Waals surface area contributed by atoms with Crippen LogP contribution in [0, 0.1) is 13.8 Å². The van der Waals surface area contributed by atoms with Crippen molar-refractivity contribution in [3.63, 3.8) is 0 Å². The van der Waals surface area contributed by atoms with Crippen LogP contribution in [0.4, 0.5) is 0 Å². The molecule has 1 aromatic carbocycles. The van der Waals surface area contributed by atoms with Crippen LogP contribution >= 0.6 is 0 Å². The Morgan fingerprint density at radius 2 is 1.86 bits per heavy atom. The third-order valence-electron chi connectivity index (χ3n) is 3.78. The minimum absolute atomic E-state index is 0.0236. The zero-order valence-electron chi connectivity index (χ0n) is 13.1. The van der Waals surface area contributed by atoms with Crippen molar-refractivity contribution >= 4 is 5.91 Å². The first-order valence-corrected chi connectivity index (χ1v) is 7.35. The molecule has 2 rings (SSSR count). The normalized spacial score (nSPS) is 12.0. The lowest BCUT2D eigenvalue weighted by atomic mass is 10.0. The molecule has 0 radical (unpaired) electrons. The predicted molar refractivity (Wildman–Crippen MR) is 85.4 cm³/mol. The number of amides is 1. The largest absolute Gasteiger partial charge is 0.345 e. The van der Waals surface area contributed by atoms with Gasteiger partial charge >= 0.3 is 0 Å². The van der Waals surface area contributed by atoms with Gasteiger partial charge in [-0.25, -0.2) is 0 Å². The molecule has 2 aromatic rings. The number of hydrogen-bond acceptors (Lipinski definition) is 2. The van der Waals surface area contributed by atoms with Crippen molar-refractivity contribution in [3.8, 4) is 0 Å². The van der Waals surface area contributed by atoms with E-state index >= 15 is 0 Å². The van der Waals surface area contributed by atoms with Gasteiger partial charge in [-0.15, -0.1) is 0 Å². The molecule has 0 bridgehead atoms. The first kappa shape index (κ1) is 15.2. The Hall–Kier alpha value is -2.16. The average Bonchev–Trinajstić information content (AvgIpc) is 2.48. The molecule has 1 amide bonds. The summed E-state index contributed by atoms with van der Waals surface area (Å²) in [6.45, 7) is 7.94. The van der Waals surface area contributed by atoms with Gasteiger partial charge in [0.25, 0.3) is 5.91 Å². The van der Waals surface area contributed by atoms with E-state index < -0.39 is 0 Å². The Labute approximate surface area is 126 Å². The highest BCUT2D eigenvalue weighted by Gasteiger charge is 2.15. The fourth-order valence-corrected chi connectivity index (χ4v) is 2.45. The molecular formula is C18H22N2O. The topological polar surface area (TPSA) is 42.0 Å². The smallest absolute Gasteiger partial charge is 0.253 e. The summed E-state index contributed by atoms with van der Waals surface area (Å²) < 4.78 is 0. The maximum Gasteiger partial charge on any atom is 0.253 e. The maximum atomic E-state index is 12.5. The maximum absolute atomic E-state index is 12.5. The molecular weight excluding hydrogens is 260 g/mol. The minimum atomic E-state index is -0.0638. The molecule has 3 nitrogen and oxygen atoms in total. The lowest BCUT2D eigenvalue weighted by Crippen LogP contribution is -2.27. The fraction of sp³-hybridized carbons (Fsp3) is 0.333. The van der Waals surface area contributed by atoms with Crippen molar-refractivity contribution in [2.24, 2.45) is 0 Å². The lowest BCUT2D eigenvalue weighted by molar-refractivity contribution is 0.0938. The summed E-state index contributed by atoms with van der Waals surface area (Å²) >= 11 is 0. The van der Waals surface area contributed by atoms with E-state index in [1.807, 2.05) is 57.2 Å². The van der Waals surface area contributed by atoms with Gasteiger partial charge in [-0.05, 0) is 44.4 Å². The highest BCUT2D eigenvalue weighted by molar-refractivity contribution is 5.95. The zero-order chi connectivity index (χ0) is 15.4. The van der Waals surface area contributed by atoms with Crippen LogP contribution in [0.1, 0.15) is 52.8 Å². The molecule has 3 heteroatoms. The van der Waals surface area contributed by atoms with Crippen molar-refractivity contribution in [1.29, 1.82) is 0 Å². The Morgan fingerprint density at radius 1 is 1.19 bits per heavy atom. The SMILES string of the molecule is CCc1cc(C(=O)N[C@@H](C)c2ccccc2)c(C)nc1C. The summed E-state index contributed by atoms with van der Waals surface area (Å²) in [5, 5.41) is 3.05. The third-order valence-corrected chi connectivity index (χ3v) is 3.78. The number of hydrogen-bond donors (Lipinski definition) is 1. The summed E-state index contributed by atoms with van der Waals surface area (Å²) in [4.78, 5) is 17.0. The van der Waals surface area contributed by atoms with E-state index in [1.54, 1.807) is 0 Å². The van der Waals surface area contributed by atoms with E-state index in [0.717, 1.165) is 28.9 Å². The molecule has 21 heavy (non-hydrogen) atoms. The number of carbonyl (C=O) groups is 1. The molecule has 0 aliphatic rings. The van der Waals surface area contributed by atoms with E-state index in [9.17, 15) is 4.79 Å². The summed E-state index contributed by atoms with van der Waals surface area (Å²) in [7, 11) is 0. The minimum Gasteiger partial charge on any atom is -0.345 e. The van der Waals surface area contributed by atoms with Gasteiger partial charge in [-0.2, -0.15) is 0 Å². The Kier molecular flexibility index (Phi) is 4.73. The fourth-order valence-electron chi connectivity index (χ4n) is 2.45. The predicted octanol–water partition coefficient (Wildman–Crippen LogP) is 3.75. The standard InChI is InChI=1S/C18H22N2O/c1-5-15-11-17(14(4)19-12(15)2)18(21)20-13(3)16-9-7-6-8-10-16/h6-11,13H,5H2,1-4H3,(H,20,21)/t13-/m0/s1. The quantitative estimate of drug-likeness (QED) is 0.928. The van der Waals surface area contributed by atoms with Gasteiger partial charge in [-0.3, -0.25) is 9.78 Å². The number of benzene rings is 1. The van der Waals surface area contributed by atoms with Crippen LogP contribution in [0.15, 0.2) is 36.4 Å². The van der Waals surface area contributed by atoms with Crippen LogP contribution in [-0.4, -0.2) is 10.9 Å². The summed E-state index contributed by atoms with van der Waals surface area (Å²) in [5.41, 5.74) is 4.67. The van der Waals surface area contributed by atoms with E-state index in [4.69, 9.17) is 0 Å². The monoisotopic (exact) mass is 282 g/mol. The average molecular weight is 282 g/mol. The van der Waals surface area contributed by atoms with Crippen LogP contribution in [0.2, 0.25) is 0 Å². The molecule has 0 saturated carbocycles. The van der Waals surface area contributed by atoms with E-state index in [0.29, 0.717) is 5.56 Å². The molecule has 1 heterocycles. The van der Waals surface area contributed by atoms with Crippen molar-refractivity contribution in [2.75, 3.05) is 0 Å². The third kappa shape index (κ3) is 3.48. The number of pyridine rings is 1. The molecule has 0 aliphatic heterocycles. The van der Waals surface area contributed by atoms with Gasteiger partial charge in [-0.1, -0.05) is 37.3 Å². The molecule has 0 fully saturated rings. The number of aryl methyl sites for hydroxylation is 3. The summed E-state index contributed by atoms with van der Waals surface area (Å²) in [6, 6.07) is 11.9. The molecule has 0 saturated heterocycles. The Balaban J connectivity index is 2.21. The van der Waals surface area contributed by atoms with Gasteiger partial charge in [0.2, 0.25) is 0 Å². The lowest BCUT2D eigenvalue weighted by Gasteiger charge is -2.16. The first-order valence-electron chi connectivity index (χ1n) is 7.35. The second-order valence-corrected chi connectivity index (χ2v) is 5.33. The van der Waals surface area contributed by atoms with Crippen LogP contribution in [-0.2, 0) is 6.42 Å². The zero-order valence-corrected chi connectivity index (χ0v) is 13.1. The number of nitrogens with zero attached hydrogens (tertiary/aromatic N) is 1. The Morgan fingerprint density at radius 3 is 2.48 bits per heavy atom. The van der Waals surface area contributed by atoms with Crippen LogP contribution in [0.5, 0.6) is 0 Å². The number of nitrogens with one attached hydrogen (secondary N) is 1. The molecule has 0 aliphatic carbocycles. The summed E-state index contributed by atoms with van der Waals surface area (Å²) in [5.74, 6) is -0.0638. The number of carbonyl (C=O) groups excluding carboxylic acids is 1. The van der Waals surface area contributed by atoms with Crippen molar-refractivity contribution < 1.29 is 4.79 Å². The molecule has 110 valence electrons. The molecule has 1 atom stereocenters. The summed E-state index contributed by atoms with van der Waals surface area (Å²) in [6.07, 6.45) is 0.883. The molecule has 1 N–H and O–H groups in total. The number of aromatic nitrogens is 1. The van der Waals surface area contributed by atoms with Crippen LogP contribution in [0.25, 0.3) is 0 Å². The van der Waals surface area contributed by atoms with E-state index in [-0.39, 0.29) is 11.9 Å². The second kappa shape index (κ2) is 6.53. The van der Waals surface area contributed by atoms with Gasteiger partial charge in [0.05, 0.1) is 17.3 Å². The van der Waals surface area contributed by atoms with Gasteiger partial charge in [0, 0.05) is 5.69 Å².